The number of aliphatic hydroxyl groups is 9. The number of carbonyl (C=O) groups excluding carboxylic acids is 1. The third kappa shape index (κ3) is 4.58. The minimum atomic E-state index is -3.15. The lowest BCUT2D eigenvalue weighted by atomic mass is 9.73. The molecule has 182 valence electrons. The first-order valence-electron chi connectivity index (χ1n) is 10.3. The van der Waals surface area contributed by atoms with Crippen LogP contribution in [0.1, 0.15) is 26.2 Å². The summed E-state index contributed by atoms with van der Waals surface area (Å²) in [6, 6.07) is -1.40. The van der Waals surface area contributed by atoms with Gasteiger partial charge in [-0.3, -0.25) is 4.79 Å². The molecular weight excluding hydrogens is 420 g/mol. The Morgan fingerprint density at radius 2 is 1.48 bits per heavy atom. The largest absolute Gasteiger partial charge is 0.394 e. The fourth-order valence-electron chi connectivity index (χ4n) is 4.03. The Balaban J connectivity index is 2.43. The Morgan fingerprint density at radius 1 is 0.935 bits per heavy atom. The van der Waals surface area contributed by atoms with Crippen LogP contribution in [-0.4, -0.2) is 137 Å². The lowest BCUT2D eigenvalue weighted by Gasteiger charge is -2.51. The smallest absolute Gasteiger partial charge is 0.262 e. The monoisotopic (exact) mass is 454 g/mol. The van der Waals surface area contributed by atoms with Gasteiger partial charge < -0.3 is 61.3 Å². The van der Waals surface area contributed by atoms with Gasteiger partial charge in [0.25, 0.3) is 5.91 Å². The number of aliphatic hydroxyl groups excluding tert-OH is 8. The molecule has 0 aromatic rings. The van der Waals surface area contributed by atoms with E-state index in [1.54, 1.807) is 0 Å². The average Bonchev–Trinajstić information content (AvgIpc) is 2.76. The number of nitrogens with zero attached hydrogens (tertiary/aromatic N) is 1. The topological polar surface area (TPSA) is 238 Å². The highest BCUT2D eigenvalue weighted by molar-refractivity contribution is 5.87. The van der Waals surface area contributed by atoms with E-state index in [0.29, 0.717) is 12.8 Å². The zero-order chi connectivity index (χ0) is 23.7. The number of rotatable bonds is 7. The lowest BCUT2D eigenvalue weighted by Crippen LogP contribution is -2.77. The molecule has 1 saturated heterocycles. The second kappa shape index (κ2) is 10.3. The first-order valence-corrected chi connectivity index (χ1v) is 10.3. The van der Waals surface area contributed by atoms with E-state index in [0.717, 1.165) is 11.3 Å². The van der Waals surface area contributed by atoms with Gasteiger partial charge in [-0.25, -0.2) is 0 Å². The molecular formula is C18H34N2O11. The summed E-state index contributed by atoms with van der Waals surface area (Å²) in [4.78, 5) is 14.2. The van der Waals surface area contributed by atoms with Crippen LogP contribution in [0.3, 0.4) is 0 Å². The number of ether oxygens (including phenoxy) is 1. The van der Waals surface area contributed by atoms with Crippen molar-refractivity contribution in [1.82, 2.24) is 4.90 Å². The Morgan fingerprint density at radius 3 is 1.97 bits per heavy atom. The van der Waals surface area contributed by atoms with E-state index in [1.807, 2.05) is 6.92 Å². The van der Waals surface area contributed by atoms with Gasteiger partial charge in [0.1, 0.15) is 48.8 Å². The van der Waals surface area contributed by atoms with Crippen LogP contribution >= 0.6 is 0 Å². The van der Waals surface area contributed by atoms with Gasteiger partial charge in [-0.05, 0) is 6.42 Å². The maximum absolute atomic E-state index is 13.4. The van der Waals surface area contributed by atoms with E-state index in [-0.39, 0.29) is 6.54 Å². The molecule has 13 heteroatoms. The summed E-state index contributed by atoms with van der Waals surface area (Å²) in [5.41, 5.74) is 2.79. The van der Waals surface area contributed by atoms with Gasteiger partial charge in [0.05, 0.1) is 12.6 Å². The summed E-state index contributed by atoms with van der Waals surface area (Å²) in [5.74, 6) is -1.38. The van der Waals surface area contributed by atoms with Gasteiger partial charge >= 0.3 is 0 Å². The highest BCUT2D eigenvalue weighted by Gasteiger charge is 2.63. The molecule has 0 aromatic carbocycles. The Hall–Kier alpha value is -0.970. The number of hydrogen-bond acceptors (Lipinski definition) is 12. The van der Waals surface area contributed by atoms with E-state index in [9.17, 15) is 50.8 Å². The van der Waals surface area contributed by atoms with Crippen LogP contribution in [0.4, 0.5) is 0 Å². The summed E-state index contributed by atoms with van der Waals surface area (Å²) in [7, 11) is 0. The molecule has 9 atom stereocenters. The molecule has 5 unspecified atom stereocenters. The van der Waals surface area contributed by atoms with Gasteiger partial charge in [0.15, 0.2) is 6.23 Å². The molecule has 1 aliphatic heterocycles. The van der Waals surface area contributed by atoms with E-state index in [4.69, 9.17) is 10.5 Å². The van der Waals surface area contributed by atoms with Crippen LogP contribution in [0, 0.1) is 0 Å². The maximum atomic E-state index is 13.4. The summed E-state index contributed by atoms with van der Waals surface area (Å²) in [6.07, 6.45) is -15.4. The standard InChI is InChI=1S/C18H34N2O11/c1-2-3-4-5-20(16-8(19)10(23)9(22)7(6-21)31-16)17(29)18(30)14(27)12(25)11(24)13(26)15(18)28/h7-16,21-28,30H,2-6,19H2,1H3/t7-,8-,9-,10-,11?,12?,13?,14?,15?,16?,18?/m1/s1. The first-order chi connectivity index (χ1) is 14.4. The summed E-state index contributed by atoms with van der Waals surface area (Å²) >= 11 is 0. The summed E-state index contributed by atoms with van der Waals surface area (Å²) in [5, 5.41) is 90.9. The third-order valence-corrected chi connectivity index (χ3v) is 6.11. The highest BCUT2D eigenvalue weighted by Crippen LogP contribution is 2.34. The molecule has 11 N–H and O–H groups in total. The van der Waals surface area contributed by atoms with Crippen molar-refractivity contribution in [2.24, 2.45) is 5.73 Å². The molecule has 1 amide bonds. The third-order valence-electron chi connectivity index (χ3n) is 6.11. The van der Waals surface area contributed by atoms with E-state index >= 15 is 0 Å². The zero-order valence-electron chi connectivity index (χ0n) is 17.2. The fraction of sp³-hybridized carbons (Fsp3) is 0.944. The quantitative estimate of drug-likeness (QED) is 0.162. The van der Waals surface area contributed by atoms with Crippen LogP contribution in [-0.2, 0) is 9.53 Å². The summed E-state index contributed by atoms with van der Waals surface area (Å²) in [6.45, 7) is 1.02. The van der Waals surface area contributed by atoms with Crippen molar-refractivity contribution >= 4 is 5.91 Å². The van der Waals surface area contributed by atoms with Gasteiger partial charge in [0.2, 0.25) is 5.60 Å². The highest BCUT2D eigenvalue weighted by atomic mass is 16.5. The number of unbranched alkanes of at least 4 members (excludes halogenated alkanes) is 2. The molecule has 0 aromatic heterocycles. The van der Waals surface area contributed by atoms with E-state index in [1.165, 1.54) is 0 Å². The first kappa shape index (κ1) is 26.3. The maximum Gasteiger partial charge on any atom is 0.262 e. The average molecular weight is 454 g/mol. The molecule has 2 fully saturated rings. The number of amides is 1. The van der Waals surface area contributed by atoms with Crippen molar-refractivity contribution in [2.45, 2.75) is 92.9 Å². The molecule has 31 heavy (non-hydrogen) atoms. The normalized spacial score (nSPS) is 46.0. The molecule has 1 saturated carbocycles. The Labute approximate surface area is 178 Å². The van der Waals surface area contributed by atoms with Crippen molar-refractivity contribution in [3.05, 3.63) is 0 Å². The predicted molar refractivity (Wildman–Crippen MR) is 102 cm³/mol. The second-order valence-corrected chi connectivity index (χ2v) is 8.20. The lowest BCUT2D eigenvalue weighted by molar-refractivity contribution is -0.273. The van der Waals surface area contributed by atoms with Crippen molar-refractivity contribution in [1.29, 1.82) is 0 Å². The minimum absolute atomic E-state index is 0.136. The van der Waals surface area contributed by atoms with Gasteiger partial charge in [-0.2, -0.15) is 0 Å². The SMILES string of the molecule is CCCCCN(C(=O)C1(O)C(O)C(O)C(O)C(O)C1O)C1O[C@H](CO)[C@@H](O)[C@H](O)[C@H]1N. The van der Waals surface area contributed by atoms with Gasteiger partial charge in [0, 0.05) is 6.54 Å². The number of nitrogens with two attached hydrogens (primary N) is 1. The van der Waals surface area contributed by atoms with Crippen LogP contribution in [0.25, 0.3) is 0 Å². The van der Waals surface area contributed by atoms with Crippen molar-refractivity contribution in [3.8, 4) is 0 Å². The summed E-state index contributed by atoms with van der Waals surface area (Å²) < 4.78 is 5.50. The van der Waals surface area contributed by atoms with Gasteiger partial charge in [-0.1, -0.05) is 19.8 Å². The molecule has 2 aliphatic rings. The van der Waals surface area contributed by atoms with Crippen molar-refractivity contribution < 1.29 is 55.5 Å². The molecule has 0 bridgehead atoms. The predicted octanol–water partition coefficient (Wildman–Crippen LogP) is -5.68. The molecule has 2 rings (SSSR count). The molecule has 0 spiro atoms. The van der Waals surface area contributed by atoms with Crippen molar-refractivity contribution in [3.63, 3.8) is 0 Å². The number of hydrogen-bond donors (Lipinski definition) is 10. The van der Waals surface area contributed by atoms with Crippen molar-refractivity contribution in [2.75, 3.05) is 13.2 Å². The Kier molecular flexibility index (Phi) is 8.74. The fourth-order valence-corrected chi connectivity index (χ4v) is 4.03. The van der Waals surface area contributed by atoms with Crippen LogP contribution in [0.2, 0.25) is 0 Å². The van der Waals surface area contributed by atoms with E-state index < -0.39 is 79.2 Å². The minimum Gasteiger partial charge on any atom is -0.394 e. The zero-order valence-corrected chi connectivity index (χ0v) is 17.2. The molecule has 13 nitrogen and oxygen atoms in total. The molecule has 0 radical (unpaired) electrons. The van der Waals surface area contributed by atoms with E-state index in [2.05, 4.69) is 0 Å². The Bertz CT molecular complexity index is 593. The molecule has 1 heterocycles. The van der Waals surface area contributed by atoms with Crippen LogP contribution in [0.15, 0.2) is 0 Å². The van der Waals surface area contributed by atoms with Crippen LogP contribution < -0.4 is 5.73 Å². The second-order valence-electron chi connectivity index (χ2n) is 8.20. The number of carbonyl (C=O) groups is 1. The molecule has 1 aliphatic carbocycles. The van der Waals surface area contributed by atoms with Crippen LogP contribution in [0.5, 0.6) is 0 Å². The van der Waals surface area contributed by atoms with Gasteiger partial charge in [-0.15, -0.1) is 0 Å².